The number of rotatable bonds is 5. The molecule has 0 saturated carbocycles. The van der Waals surface area contributed by atoms with Crippen molar-refractivity contribution >= 4 is 17.3 Å². The maximum absolute atomic E-state index is 10.9. The zero-order valence-corrected chi connectivity index (χ0v) is 10.4. The Hall–Kier alpha value is -2.15. The van der Waals surface area contributed by atoms with Crippen molar-refractivity contribution in [3.05, 3.63) is 34.4 Å². The van der Waals surface area contributed by atoms with Gasteiger partial charge in [0.2, 0.25) is 0 Å². The van der Waals surface area contributed by atoms with Crippen LogP contribution in [0.4, 0.5) is 11.4 Å². The lowest BCUT2D eigenvalue weighted by Gasteiger charge is -2.48. The van der Waals surface area contributed by atoms with Crippen LogP contribution in [0.5, 0.6) is 0 Å². The standard InChI is InChI=1S/C12H14N2O5/c1-12(19-6-11(15)16)7-13(8-12)9-4-2-3-5-10(9)14(17)18/h2-5H,6-8H2,1H3,(H,15,16). The maximum Gasteiger partial charge on any atom is 0.329 e. The van der Waals surface area contributed by atoms with Crippen molar-refractivity contribution < 1.29 is 19.6 Å². The van der Waals surface area contributed by atoms with Gasteiger partial charge in [0.15, 0.2) is 0 Å². The molecule has 1 aliphatic rings. The summed E-state index contributed by atoms with van der Waals surface area (Å²) >= 11 is 0. The van der Waals surface area contributed by atoms with E-state index < -0.39 is 16.5 Å². The molecule has 0 unspecified atom stereocenters. The highest BCUT2D eigenvalue weighted by atomic mass is 16.6. The number of carboxylic acids is 1. The summed E-state index contributed by atoms with van der Waals surface area (Å²) in [6.45, 7) is 2.30. The van der Waals surface area contributed by atoms with Gasteiger partial charge >= 0.3 is 5.97 Å². The average molecular weight is 266 g/mol. The molecule has 1 fully saturated rings. The van der Waals surface area contributed by atoms with E-state index in [0.29, 0.717) is 18.8 Å². The van der Waals surface area contributed by atoms with Crippen molar-refractivity contribution in [3.63, 3.8) is 0 Å². The number of carbonyl (C=O) groups is 1. The first-order valence-corrected chi connectivity index (χ1v) is 5.75. The summed E-state index contributed by atoms with van der Waals surface area (Å²) in [6, 6.07) is 6.47. The van der Waals surface area contributed by atoms with E-state index in [9.17, 15) is 14.9 Å². The lowest BCUT2D eigenvalue weighted by Crippen LogP contribution is -2.62. The molecule has 0 aromatic heterocycles. The Morgan fingerprint density at radius 2 is 2.16 bits per heavy atom. The van der Waals surface area contributed by atoms with Crippen molar-refractivity contribution in [1.82, 2.24) is 0 Å². The Kier molecular flexibility index (Phi) is 3.39. The fourth-order valence-corrected chi connectivity index (χ4v) is 2.14. The molecule has 0 aliphatic carbocycles. The summed E-state index contributed by atoms with van der Waals surface area (Å²) in [5.41, 5.74) is 0.00827. The Morgan fingerprint density at radius 3 is 2.74 bits per heavy atom. The van der Waals surface area contributed by atoms with E-state index in [1.54, 1.807) is 30.0 Å². The van der Waals surface area contributed by atoms with E-state index in [1.165, 1.54) is 6.07 Å². The molecule has 0 radical (unpaired) electrons. The third-order valence-corrected chi connectivity index (χ3v) is 3.01. The topological polar surface area (TPSA) is 92.9 Å². The normalized spacial score (nSPS) is 16.8. The molecular weight excluding hydrogens is 252 g/mol. The SMILES string of the molecule is CC1(OCC(=O)O)CN(c2ccccc2[N+](=O)[O-])C1. The van der Waals surface area contributed by atoms with Crippen LogP contribution in [-0.4, -0.2) is 41.3 Å². The van der Waals surface area contributed by atoms with E-state index in [4.69, 9.17) is 9.84 Å². The first kappa shape index (κ1) is 13.3. The molecule has 2 rings (SSSR count). The zero-order chi connectivity index (χ0) is 14.0. The minimum atomic E-state index is -1.02. The lowest BCUT2D eigenvalue weighted by molar-refractivity contribution is -0.384. The summed E-state index contributed by atoms with van der Waals surface area (Å²) in [7, 11) is 0. The second-order valence-electron chi connectivity index (χ2n) is 4.73. The highest BCUT2D eigenvalue weighted by molar-refractivity contribution is 5.68. The number of carboxylic acid groups (broad SMARTS) is 1. The molecule has 0 atom stereocenters. The van der Waals surface area contributed by atoms with Crippen molar-refractivity contribution in [1.29, 1.82) is 0 Å². The van der Waals surface area contributed by atoms with Crippen LogP contribution in [0, 0.1) is 10.1 Å². The lowest BCUT2D eigenvalue weighted by atomic mass is 9.95. The van der Waals surface area contributed by atoms with E-state index >= 15 is 0 Å². The number of hydrogen-bond donors (Lipinski definition) is 1. The van der Waals surface area contributed by atoms with Crippen LogP contribution in [-0.2, 0) is 9.53 Å². The van der Waals surface area contributed by atoms with E-state index in [1.807, 2.05) is 0 Å². The number of hydrogen-bond acceptors (Lipinski definition) is 5. The molecule has 1 aliphatic heterocycles. The van der Waals surface area contributed by atoms with Gasteiger partial charge in [-0.25, -0.2) is 4.79 Å². The molecule has 1 aromatic rings. The number of nitro benzene ring substituents is 1. The smallest absolute Gasteiger partial charge is 0.329 e. The monoisotopic (exact) mass is 266 g/mol. The van der Waals surface area contributed by atoms with Gasteiger partial charge in [-0.05, 0) is 13.0 Å². The first-order valence-electron chi connectivity index (χ1n) is 5.75. The summed E-state index contributed by atoms with van der Waals surface area (Å²) in [5.74, 6) is -1.02. The van der Waals surface area contributed by atoms with Crippen molar-refractivity contribution in [2.75, 3.05) is 24.6 Å². The Morgan fingerprint density at radius 1 is 1.53 bits per heavy atom. The molecule has 7 nitrogen and oxygen atoms in total. The molecule has 1 N–H and O–H groups in total. The Bertz CT molecular complexity index is 511. The van der Waals surface area contributed by atoms with Crippen LogP contribution in [0.25, 0.3) is 0 Å². The minimum Gasteiger partial charge on any atom is -0.480 e. The van der Waals surface area contributed by atoms with Gasteiger partial charge in [-0.15, -0.1) is 0 Å². The van der Waals surface area contributed by atoms with Crippen LogP contribution >= 0.6 is 0 Å². The Labute approximate surface area is 109 Å². The fraction of sp³-hybridized carbons (Fsp3) is 0.417. The van der Waals surface area contributed by atoms with Gasteiger partial charge in [0.1, 0.15) is 17.9 Å². The van der Waals surface area contributed by atoms with Gasteiger partial charge in [0, 0.05) is 19.2 Å². The average Bonchev–Trinajstić information content (AvgIpc) is 2.33. The van der Waals surface area contributed by atoms with Crippen LogP contribution in [0.2, 0.25) is 0 Å². The third kappa shape index (κ3) is 2.82. The van der Waals surface area contributed by atoms with Gasteiger partial charge in [0.25, 0.3) is 5.69 Å². The second kappa shape index (κ2) is 4.85. The molecule has 0 spiro atoms. The number of para-hydroxylation sites is 2. The second-order valence-corrected chi connectivity index (χ2v) is 4.73. The fourth-order valence-electron chi connectivity index (χ4n) is 2.14. The van der Waals surface area contributed by atoms with Crippen LogP contribution in [0.3, 0.4) is 0 Å². The molecular formula is C12H14N2O5. The zero-order valence-electron chi connectivity index (χ0n) is 10.4. The molecule has 102 valence electrons. The van der Waals surface area contributed by atoms with E-state index in [-0.39, 0.29) is 12.3 Å². The summed E-state index contributed by atoms with van der Waals surface area (Å²) in [6.07, 6.45) is 0. The van der Waals surface area contributed by atoms with Crippen LogP contribution < -0.4 is 4.90 Å². The number of nitro groups is 1. The van der Waals surface area contributed by atoms with E-state index in [0.717, 1.165) is 0 Å². The number of anilines is 1. The molecule has 7 heteroatoms. The van der Waals surface area contributed by atoms with Gasteiger partial charge in [-0.1, -0.05) is 12.1 Å². The third-order valence-electron chi connectivity index (χ3n) is 3.01. The van der Waals surface area contributed by atoms with Gasteiger partial charge in [0.05, 0.1) is 4.92 Å². The molecule has 19 heavy (non-hydrogen) atoms. The quantitative estimate of drug-likeness (QED) is 0.637. The van der Waals surface area contributed by atoms with Gasteiger partial charge in [-0.2, -0.15) is 0 Å². The highest BCUT2D eigenvalue weighted by Gasteiger charge is 2.42. The molecule has 0 bridgehead atoms. The minimum absolute atomic E-state index is 0.0442. The Balaban J connectivity index is 2.04. The number of ether oxygens (including phenoxy) is 1. The van der Waals surface area contributed by atoms with Crippen LogP contribution in [0.1, 0.15) is 6.92 Å². The largest absolute Gasteiger partial charge is 0.480 e. The first-order chi connectivity index (χ1) is 8.91. The van der Waals surface area contributed by atoms with Crippen molar-refractivity contribution in [2.45, 2.75) is 12.5 Å². The van der Waals surface area contributed by atoms with Gasteiger partial charge < -0.3 is 14.7 Å². The number of benzene rings is 1. The maximum atomic E-state index is 10.9. The predicted octanol–water partition coefficient (Wildman–Crippen LogP) is 1.27. The van der Waals surface area contributed by atoms with Crippen LogP contribution in [0.15, 0.2) is 24.3 Å². The molecule has 0 amide bonds. The highest BCUT2D eigenvalue weighted by Crippen LogP contribution is 2.35. The van der Waals surface area contributed by atoms with Crippen molar-refractivity contribution in [2.24, 2.45) is 0 Å². The predicted molar refractivity (Wildman–Crippen MR) is 67.3 cm³/mol. The number of nitrogens with zero attached hydrogens (tertiary/aromatic N) is 2. The molecule has 1 aromatic carbocycles. The number of aliphatic carboxylic acids is 1. The summed E-state index contributed by atoms with van der Waals surface area (Å²) in [5, 5.41) is 19.5. The molecule has 1 saturated heterocycles. The summed E-state index contributed by atoms with van der Waals surface area (Å²) < 4.78 is 5.27. The van der Waals surface area contributed by atoms with Crippen molar-refractivity contribution in [3.8, 4) is 0 Å². The van der Waals surface area contributed by atoms with E-state index in [2.05, 4.69) is 0 Å². The summed E-state index contributed by atoms with van der Waals surface area (Å²) in [4.78, 5) is 22.7. The van der Waals surface area contributed by atoms with Gasteiger partial charge in [-0.3, -0.25) is 10.1 Å². The molecule has 1 heterocycles.